The van der Waals surface area contributed by atoms with Gasteiger partial charge in [0.25, 0.3) is 11.4 Å². The molecule has 26 heavy (non-hydrogen) atoms. The number of hydrogen-bond donors (Lipinski definition) is 0. The van der Waals surface area contributed by atoms with Gasteiger partial charge < -0.3 is 9.42 Å². The number of fused-ring (bicyclic) bond motifs is 1. The second kappa shape index (κ2) is 6.36. The van der Waals surface area contributed by atoms with Gasteiger partial charge in [0.05, 0.1) is 5.69 Å². The standard InChI is InChI=1S/C18H20N6O2/c1-11-20-17(26-22-11)13-4-7-19-16(10-13)24-8-5-14-15(6-9-24)21-12(2)23(3)18(14)25/h4,7,10H,5-6,8-9H2,1-3H3. The van der Waals surface area contributed by atoms with Crippen LogP contribution in [0, 0.1) is 13.8 Å². The molecule has 0 spiro atoms. The fourth-order valence-electron chi connectivity index (χ4n) is 3.24. The van der Waals surface area contributed by atoms with E-state index in [4.69, 9.17) is 4.52 Å². The molecule has 0 saturated heterocycles. The molecule has 0 atom stereocenters. The third kappa shape index (κ3) is 2.87. The van der Waals surface area contributed by atoms with Crippen LogP contribution in [0.1, 0.15) is 22.9 Å². The molecule has 0 N–H and O–H groups in total. The molecule has 0 unspecified atom stereocenters. The molecule has 0 amide bonds. The first-order valence-corrected chi connectivity index (χ1v) is 8.60. The summed E-state index contributed by atoms with van der Waals surface area (Å²) in [6.45, 7) is 5.12. The van der Waals surface area contributed by atoms with Crippen molar-refractivity contribution < 1.29 is 4.52 Å². The normalized spacial score (nSPS) is 14.2. The average molecular weight is 352 g/mol. The van der Waals surface area contributed by atoms with Gasteiger partial charge in [-0.15, -0.1) is 0 Å². The van der Waals surface area contributed by atoms with Crippen LogP contribution in [0.5, 0.6) is 0 Å². The maximum absolute atomic E-state index is 12.5. The number of aryl methyl sites for hydroxylation is 2. The van der Waals surface area contributed by atoms with Gasteiger partial charge in [0.2, 0.25) is 0 Å². The third-order valence-electron chi connectivity index (χ3n) is 4.79. The number of hydrogen-bond acceptors (Lipinski definition) is 7. The van der Waals surface area contributed by atoms with Crippen LogP contribution >= 0.6 is 0 Å². The number of nitrogens with zero attached hydrogens (tertiary/aromatic N) is 6. The molecule has 134 valence electrons. The number of rotatable bonds is 2. The Morgan fingerprint density at radius 3 is 2.73 bits per heavy atom. The average Bonchev–Trinajstić information content (AvgIpc) is 2.96. The molecule has 3 aromatic heterocycles. The summed E-state index contributed by atoms with van der Waals surface area (Å²) >= 11 is 0. The van der Waals surface area contributed by atoms with E-state index in [0.29, 0.717) is 24.7 Å². The van der Waals surface area contributed by atoms with Crippen molar-refractivity contribution in [2.24, 2.45) is 7.05 Å². The topological polar surface area (TPSA) is 89.9 Å². The van der Waals surface area contributed by atoms with E-state index in [0.717, 1.165) is 41.4 Å². The molecule has 0 aliphatic carbocycles. The minimum atomic E-state index is 0.0531. The molecule has 8 nitrogen and oxygen atoms in total. The lowest BCUT2D eigenvalue weighted by molar-refractivity contribution is 0.425. The summed E-state index contributed by atoms with van der Waals surface area (Å²) in [5.74, 6) is 2.66. The van der Waals surface area contributed by atoms with Crippen LogP contribution in [0.15, 0.2) is 27.6 Å². The first-order chi connectivity index (χ1) is 12.5. The second-order valence-corrected chi connectivity index (χ2v) is 6.48. The molecule has 3 aromatic rings. The number of aromatic nitrogens is 5. The highest BCUT2D eigenvalue weighted by Crippen LogP contribution is 2.23. The van der Waals surface area contributed by atoms with Gasteiger partial charge in [0.15, 0.2) is 5.82 Å². The summed E-state index contributed by atoms with van der Waals surface area (Å²) in [5, 5.41) is 3.84. The van der Waals surface area contributed by atoms with E-state index in [2.05, 4.69) is 25.0 Å². The molecule has 1 aliphatic rings. The van der Waals surface area contributed by atoms with Gasteiger partial charge >= 0.3 is 0 Å². The lowest BCUT2D eigenvalue weighted by Gasteiger charge is -2.21. The zero-order chi connectivity index (χ0) is 18.3. The Hall–Kier alpha value is -3.03. The van der Waals surface area contributed by atoms with Crippen molar-refractivity contribution in [3.63, 3.8) is 0 Å². The molecular weight excluding hydrogens is 332 g/mol. The number of pyridine rings is 1. The molecule has 0 radical (unpaired) electrons. The molecule has 4 rings (SSSR count). The lowest BCUT2D eigenvalue weighted by atomic mass is 10.1. The zero-order valence-corrected chi connectivity index (χ0v) is 15.1. The molecule has 0 aromatic carbocycles. The van der Waals surface area contributed by atoms with E-state index in [-0.39, 0.29) is 5.56 Å². The van der Waals surface area contributed by atoms with Crippen LogP contribution in [0.2, 0.25) is 0 Å². The Bertz CT molecular complexity index is 1020. The van der Waals surface area contributed by atoms with Gasteiger partial charge in [0.1, 0.15) is 11.6 Å². The van der Waals surface area contributed by atoms with E-state index in [1.807, 2.05) is 19.1 Å². The Morgan fingerprint density at radius 2 is 1.96 bits per heavy atom. The minimum absolute atomic E-state index is 0.0531. The Balaban J connectivity index is 1.63. The molecule has 0 fully saturated rings. The summed E-state index contributed by atoms with van der Waals surface area (Å²) in [5.41, 5.74) is 2.60. The van der Waals surface area contributed by atoms with Crippen molar-refractivity contribution in [2.75, 3.05) is 18.0 Å². The Morgan fingerprint density at radius 1 is 1.15 bits per heavy atom. The molecule has 0 bridgehead atoms. The highest BCUT2D eigenvalue weighted by atomic mass is 16.5. The largest absolute Gasteiger partial charge is 0.356 e. The van der Waals surface area contributed by atoms with Crippen LogP contribution in [-0.2, 0) is 19.9 Å². The second-order valence-electron chi connectivity index (χ2n) is 6.48. The van der Waals surface area contributed by atoms with E-state index < -0.39 is 0 Å². The van der Waals surface area contributed by atoms with Crippen LogP contribution < -0.4 is 10.5 Å². The zero-order valence-electron chi connectivity index (χ0n) is 15.1. The van der Waals surface area contributed by atoms with Gasteiger partial charge in [-0.25, -0.2) is 9.97 Å². The van der Waals surface area contributed by atoms with Crippen LogP contribution in [0.3, 0.4) is 0 Å². The maximum atomic E-state index is 12.5. The summed E-state index contributed by atoms with van der Waals surface area (Å²) in [6.07, 6.45) is 3.11. The quantitative estimate of drug-likeness (QED) is 0.689. The van der Waals surface area contributed by atoms with Crippen LogP contribution in [0.4, 0.5) is 5.82 Å². The van der Waals surface area contributed by atoms with Gasteiger partial charge in [-0.2, -0.15) is 4.98 Å². The predicted octanol–water partition coefficient (Wildman–Crippen LogP) is 1.45. The predicted molar refractivity (Wildman–Crippen MR) is 96.1 cm³/mol. The highest BCUT2D eigenvalue weighted by Gasteiger charge is 2.20. The summed E-state index contributed by atoms with van der Waals surface area (Å²) < 4.78 is 6.86. The van der Waals surface area contributed by atoms with E-state index in [1.165, 1.54) is 0 Å². The van der Waals surface area contributed by atoms with Gasteiger partial charge in [-0.1, -0.05) is 5.16 Å². The molecular formula is C18H20N6O2. The Kier molecular flexibility index (Phi) is 4.02. The first kappa shape index (κ1) is 16.4. The SMILES string of the molecule is Cc1noc(-c2ccnc(N3CCc4nc(C)n(C)c(=O)c4CC3)c2)n1. The van der Waals surface area contributed by atoms with Crippen molar-refractivity contribution >= 4 is 5.82 Å². The third-order valence-corrected chi connectivity index (χ3v) is 4.79. The number of anilines is 1. The van der Waals surface area contributed by atoms with E-state index in [1.54, 1.807) is 24.7 Å². The van der Waals surface area contributed by atoms with Crippen molar-refractivity contribution in [2.45, 2.75) is 26.7 Å². The molecule has 4 heterocycles. The molecule has 0 saturated carbocycles. The lowest BCUT2D eigenvalue weighted by Crippen LogP contribution is -2.28. The van der Waals surface area contributed by atoms with Gasteiger partial charge in [-0.3, -0.25) is 9.36 Å². The molecule has 1 aliphatic heterocycles. The van der Waals surface area contributed by atoms with Crippen molar-refractivity contribution in [3.05, 3.63) is 51.6 Å². The maximum Gasteiger partial charge on any atom is 0.258 e. The first-order valence-electron chi connectivity index (χ1n) is 8.60. The summed E-state index contributed by atoms with van der Waals surface area (Å²) in [4.78, 5) is 28.1. The Labute approximate surface area is 150 Å². The fraction of sp³-hybridized carbons (Fsp3) is 0.389. The van der Waals surface area contributed by atoms with Gasteiger partial charge in [-0.05, 0) is 32.4 Å². The van der Waals surface area contributed by atoms with Gasteiger partial charge in [0, 0.05) is 43.9 Å². The highest BCUT2D eigenvalue weighted by molar-refractivity contribution is 5.58. The summed E-state index contributed by atoms with van der Waals surface area (Å²) in [6, 6.07) is 3.80. The van der Waals surface area contributed by atoms with E-state index >= 15 is 0 Å². The van der Waals surface area contributed by atoms with Crippen molar-refractivity contribution in [1.82, 2.24) is 24.7 Å². The van der Waals surface area contributed by atoms with Crippen LogP contribution in [0.25, 0.3) is 11.5 Å². The van der Waals surface area contributed by atoms with Crippen molar-refractivity contribution in [1.29, 1.82) is 0 Å². The van der Waals surface area contributed by atoms with Crippen LogP contribution in [-0.4, -0.2) is 37.8 Å². The smallest absolute Gasteiger partial charge is 0.258 e. The summed E-state index contributed by atoms with van der Waals surface area (Å²) in [7, 11) is 1.77. The fourth-order valence-corrected chi connectivity index (χ4v) is 3.24. The van der Waals surface area contributed by atoms with Crippen molar-refractivity contribution in [3.8, 4) is 11.5 Å². The minimum Gasteiger partial charge on any atom is -0.356 e. The molecule has 8 heteroatoms. The monoisotopic (exact) mass is 352 g/mol. The van der Waals surface area contributed by atoms with E-state index in [9.17, 15) is 4.79 Å².